The van der Waals surface area contributed by atoms with Crippen molar-refractivity contribution in [1.29, 1.82) is 0 Å². The highest BCUT2D eigenvalue weighted by Gasteiger charge is 2.13. The van der Waals surface area contributed by atoms with Gasteiger partial charge in [0.05, 0.1) is 0 Å². The number of nitrogens with one attached hydrogen (secondary N) is 1. The van der Waals surface area contributed by atoms with Crippen molar-refractivity contribution < 1.29 is 9.90 Å². The molecule has 1 aromatic heterocycles. The molecule has 22 heavy (non-hydrogen) atoms. The summed E-state index contributed by atoms with van der Waals surface area (Å²) in [4.78, 5) is 16.3. The minimum atomic E-state index is -0.274. The van der Waals surface area contributed by atoms with Crippen molar-refractivity contribution in [2.45, 2.75) is 6.42 Å². The van der Waals surface area contributed by atoms with Gasteiger partial charge < -0.3 is 10.4 Å². The number of halogens is 2. The molecule has 4 nitrogen and oxygen atoms in total. The Hall–Kier alpha value is -1.62. The second kappa shape index (κ2) is 8.13. The molecule has 2 rings (SSSR count). The molecule has 0 aliphatic heterocycles. The number of amides is 1. The first-order valence-corrected chi connectivity index (χ1v) is 7.59. The van der Waals surface area contributed by atoms with Gasteiger partial charge in [0.1, 0.15) is 0 Å². The SMILES string of the molecule is O=C(NCC(CO)Cc1ccccn1)c1cc(Cl)cc(Cl)c1. The smallest absolute Gasteiger partial charge is 0.251 e. The molecular weight excluding hydrogens is 323 g/mol. The van der Waals surface area contributed by atoms with Gasteiger partial charge in [-0.3, -0.25) is 9.78 Å². The third-order valence-corrected chi connectivity index (χ3v) is 3.59. The Bertz CT molecular complexity index is 615. The van der Waals surface area contributed by atoms with E-state index in [1.54, 1.807) is 24.4 Å². The third-order valence-electron chi connectivity index (χ3n) is 3.16. The second-order valence-electron chi connectivity index (χ2n) is 4.94. The molecule has 1 amide bonds. The Morgan fingerprint density at radius 3 is 2.55 bits per heavy atom. The summed E-state index contributed by atoms with van der Waals surface area (Å²) in [5, 5.41) is 13.0. The van der Waals surface area contributed by atoms with Crippen LogP contribution in [0.15, 0.2) is 42.6 Å². The van der Waals surface area contributed by atoms with Gasteiger partial charge >= 0.3 is 0 Å². The van der Waals surface area contributed by atoms with Crippen LogP contribution in [0.1, 0.15) is 16.1 Å². The van der Waals surface area contributed by atoms with E-state index in [4.69, 9.17) is 23.2 Å². The summed E-state index contributed by atoms with van der Waals surface area (Å²) in [5.74, 6) is -0.377. The first kappa shape index (κ1) is 16.7. The Labute approximate surface area is 139 Å². The van der Waals surface area contributed by atoms with Crippen molar-refractivity contribution in [2.24, 2.45) is 5.92 Å². The number of aliphatic hydroxyl groups excluding tert-OH is 1. The first-order valence-electron chi connectivity index (χ1n) is 6.83. The number of benzene rings is 1. The molecule has 1 unspecified atom stereocenters. The molecular formula is C16H16Cl2N2O2. The normalized spacial score (nSPS) is 12.0. The number of nitrogens with zero attached hydrogens (tertiary/aromatic N) is 1. The van der Waals surface area contributed by atoms with E-state index in [-0.39, 0.29) is 18.4 Å². The maximum atomic E-state index is 12.1. The molecule has 116 valence electrons. The van der Waals surface area contributed by atoms with Crippen LogP contribution in [-0.2, 0) is 6.42 Å². The molecule has 2 aromatic rings. The minimum Gasteiger partial charge on any atom is -0.396 e. The maximum absolute atomic E-state index is 12.1. The number of rotatable bonds is 6. The number of hydrogen-bond acceptors (Lipinski definition) is 3. The molecule has 0 bridgehead atoms. The summed E-state index contributed by atoms with van der Waals surface area (Å²) >= 11 is 11.8. The van der Waals surface area contributed by atoms with Crippen molar-refractivity contribution in [3.05, 3.63) is 63.9 Å². The summed E-state index contributed by atoms with van der Waals surface area (Å²) in [6.45, 7) is 0.309. The lowest BCUT2D eigenvalue weighted by molar-refractivity contribution is 0.0940. The Balaban J connectivity index is 1.93. The van der Waals surface area contributed by atoms with E-state index in [1.807, 2.05) is 18.2 Å². The fraction of sp³-hybridized carbons (Fsp3) is 0.250. The topological polar surface area (TPSA) is 62.2 Å². The summed E-state index contributed by atoms with van der Waals surface area (Å²) in [6, 6.07) is 10.3. The lowest BCUT2D eigenvalue weighted by atomic mass is 10.0. The van der Waals surface area contributed by atoms with Gasteiger partial charge in [0.2, 0.25) is 0 Å². The fourth-order valence-electron chi connectivity index (χ4n) is 2.04. The van der Waals surface area contributed by atoms with Crippen LogP contribution in [-0.4, -0.2) is 29.1 Å². The van der Waals surface area contributed by atoms with Gasteiger partial charge in [-0.15, -0.1) is 0 Å². The lowest BCUT2D eigenvalue weighted by Crippen LogP contribution is -2.32. The van der Waals surface area contributed by atoms with Crippen LogP contribution in [0.4, 0.5) is 0 Å². The van der Waals surface area contributed by atoms with Gasteiger partial charge in [0.15, 0.2) is 0 Å². The molecule has 0 saturated carbocycles. The summed E-state index contributed by atoms with van der Waals surface area (Å²) in [5.41, 5.74) is 1.27. The Morgan fingerprint density at radius 1 is 1.23 bits per heavy atom. The van der Waals surface area contributed by atoms with E-state index in [0.29, 0.717) is 28.6 Å². The average molecular weight is 339 g/mol. The number of hydrogen-bond donors (Lipinski definition) is 2. The van der Waals surface area contributed by atoms with Crippen LogP contribution >= 0.6 is 23.2 Å². The van der Waals surface area contributed by atoms with E-state index < -0.39 is 0 Å². The molecule has 1 aromatic carbocycles. The predicted octanol–water partition coefficient (Wildman–Crippen LogP) is 2.97. The third kappa shape index (κ3) is 4.98. The van der Waals surface area contributed by atoms with Crippen molar-refractivity contribution in [3.63, 3.8) is 0 Å². The maximum Gasteiger partial charge on any atom is 0.251 e. The zero-order valence-electron chi connectivity index (χ0n) is 11.8. The van der Waals surface area contributed by atoms with Gasteiger partial charge in [-0.2, -0.15) is 0 Å². The zero-order valence-corrected chi connectivity index (χ0v) is 13.3. The Morgan fingerprint density at radius 2 is 1.95 bits per heavy atom. The molecule has 0 saturated heterocycles. The van der Waals surface area contributed by atoms with Crippen molar-refractivity contribution in [3.8, 4) is 0 Å². The van der Waals surface area contributed by atoms with Crippen LogP contribution in [0.2, 0.25) is 10.0 Å². The number of pyridine rings is 1. The number of aromatic nitrogens is 1. The van der Waals surface area contributed by atoms with Gasteiger partial charge in [-0.05, 0) is 36.8 Å². The van der Waals surface area contributed by atoms with Crippen LogP contribution in [0.3, 0.4) is 0 Å². The summed E-state index contributed by atoms with van der Waals surface area (Å²) < 4.78 is 0. The highest BCUT2D eigenvalue weighted by molar-refractivity contribution is 6.35. The van der Waals surface area contributed by atoms with E-state index >= 15 is 0 Å². The average Bonchev–Trinajstić information content (AvgIpc) is 2.51. The van der Waals surface area contributed by atoms with Crippen LogP contribution in [0.5, 0.6) is 0 Å². The van der Waals surface area contributed by atoms with Gasteiger partial charge in [0.25, 0.3) is 5.91 Å². The lowest BCUT2D eigenvalue weighted by Gasteiger charge is -2.15. The van der Waals surface area contributed by atoms with Crippen molar-refractivity contribution >= 4 is 29.1 Å². The monoisotopic (exact) mass is 338 g/mol. The molecule has 1 atom stereocenters. The molecule has 0 radical (unpaired) electrons. The van der Waals surface area contributed by atoms with E-state index in [0.717, 1.165) is 5.69 Å². The zero-order chi connectivity index (χ0) is 15.9. The summed E-state index contributed by atoms with van der Waals surface area (Å²) in [7, 11) is 0. The van der Waals surface area contributed by atoms with Gasteiger partial charge in [0, 0.05) is 46.6 Å². The molecule has 6 heteroatoms. The standard InChI is InChI=1S/C16H16Cl2N2O2/c17-13-6-12(7-14(18)8-13)16(22)20-9-11(10-21)5-15-3-1-2-4-19-15/h1-4,6-8,11,21H,5,9-10H2,(H,20,22). The molecule has 0 spiro atoms. The van der Waals surface area contributed by atoms with Gasteiger partial charge in [-0.25, -0.2) is 0 Å². The Kier molecular flexibility index (Phi) is 6.19. The first-order chi connectivity index (χ1) is 10.6. The second-order valence-corrected chi connectivity index (χ2v) is 5.81. The van der Waals surface area contributed by atoms with Crippen LogP contribution < -0.4 is 5.32 Å². The van der Waals surface area contributed by atoms with Gasteiger partial charge in [-0.1, -0.05) is 29.3 Å². The van der Waals surface area contributed by atoms with Crippen LogP contribution in [0, 0.1) is 5.92 Å². The van der Waals surface area contributed by atoms with E-state index in [9.17, 15) is 9.90 Å². The molecule has 0 aliphatic carbocycles. The van der Waals surface area contributed by atoms with Crippen molar-refractivity contribution in [1.82, 2.24) is 10.3 Å². The molecule has 1 heterocycles. The highest BCUT2D eigenvalue weighted by Crippen LogP contribution is 2.19. The van der Waals surface area contributed by atoms with Crippen molar-refractivity contribution in [2.75, 3.05) is 13.2 Å². The predicted molar refractivity (Wildman–Crippen MR) is 87.3 cm³/mol. The summed E-state index contributed by atoms with van der Waals surface area (Å²) in [6.07, 6.45) is 2.30. The van der Waals surface area contributed by atoms with E-state index in [1.165, 1.54) is 0 Å². The quantitative estimate of drug-likeness (QED) is 0.851. The number of carbonyl (C=O) groups is 1. The fourth-order valence-corrected chi connectivity index (χ4v) is 2.57. The largest absolute Gasteiger partial charge is 0.396 e. The highest BCUT2D eigenvalue weighted by atomic mass is 35.5. The number of aliphatic hydroxyl groups is 1. The number of carbonyl (C=O) groups excluding carboxylic acids is 1. The molecule has 2 N–H and O–H groups in total. The molecule has 0 aliphatic rings. The minimum absolute atomic E-state index is 0.0346. The van der Waals surface area contributed by atoms with Crippen LogP contribution in [0.25, 0.3) is 0 Å². The molecule has 0 fully saturated rings. The van der Waals surface area contributed by atoms with E-state index in [2.05, 4.69) is 10.3 Å².